The molecule has 10 rings (SSSR count). The highest BCUT2D eigenvalue weighted by Crippen LogP contribution is 2.56. The third-order valence-corrected chi connectivity index (χ3v) is 11.8. The zero-order valence-electron chi connectivity index (χ0n) is 30.3. The molecule has 0 radical (unpaired) electrons. The maximum Gasteiger partial charge on any atom is 0.160 e. The highest BCUT2D eigenvalue weighted by atomic mass is 14.9. The van der Waals surface area contributed by atoms with Crippen LogP contribution in [0.3, 0.4) is 0 Å². The molecule has 7 aromatic carbocycles. The Morgan fingerprint density at radius 3 is 1.28 bits per heavy atom. The van der Waals surface area contributed by atoms with Crippen LogP contribution in [0, 0.1) is 0 Å². The number of hydrogen-bond donors (Lipinski definition) is 0. The number of hydrogen-bond acceptors (Lipinski definition) is 2. The molecule has 0 atom stereocenters. The quantitative estimate of drug-likeness (QED) is 0.173. The molecule has 0 saturated heterocycles. The zero-order valence-corrected chi connectivity index (χ0v) is 30.3. The Morgan fingerprint density at radius 1 is 0.315 bits per heavy atom. The van der Waals surface area contributed by atoms with Gasteiger partial charge in [0.05, 0.1) is 11.4 Å². The van der Waals surface area contributed by atoms with Crippen molar-refractivity contribution in [3.05, 3.63) is 193 Å². The Hall–Kier alpha value is -6.38. The summed E-state index contributed by atoms with van der Waals surface area (Å²) < 4.78 is 0. The fraction of sp³-hybridized carbons (Fsp3) is 0.115. The molecule has 1 spiro atoms. The van der Waals surface area contributed by atoms with Gasteiger partial charge in [0.2, 0.25) is 0 Å². The molecule has 2 heteroatoms. The lowest BCUT2D eigenvalue weighted by Crippen LogP contribution is -2.27. The molecular weight excluding hydrogens is 653 g/mol. The molecule has 0 aliphatic heterocycles. The van der Waals surface area contributed by atoms with Crippen LogP contribution in [0.15, 0.2) is 182 Å². The summed E-state index contributed by atoms with van der Waals surface area (Å²) in [6.45, 7) is 0. The lowest BCUT2D eigenvalue weighted by Gasteiger charge is -2.36. The van der Waals surface area contributed by atoms with Gasteiger partial charge in [-0.3, -0.25) is 0 Å². The van der Waals surface area contributed by atoms with Gasteiger partial charge < -0.3 is 0 Å². The first-order chi connectivity index (χ1) is 26.7. The van der Waals surface area contributed by atoms with Crippen LogP contribution in [0.5, 0.6) is 0 Å². The molecule has 8 aromatic rings. The predicted molar refractivity (Wildman–Crippen MR) is 224 cm³/mol. The number of rotatable bonds is 6. The van der Waals surface area contributed by atoms with Gasteiger partial charge in [0, 0.05) is 22.1 Å². The molecule has 0 unspecified atom stereocenters. The Kier molecular flexibility index (Phi) is 8.10. The minimum atomic E-state index is 0.205. The van der Waals surface area contributed by atoms with Crippen molar-refractivity contribution in [2.45, 2.75) is 37.5 Å². The van der Waals surface area contributed by atoms with E-state index in [1.807, 2.05) is 36.4 Å². The van der Waals surface area contributed by atoms with Gasteiger partial charge in [-0.05, 0) is 80.6 Å². The third kappa shape index (κ3) is 5.76. The van der Waals surface area contributed by atoms with E-state index in [0.717, 1.165) is 39.5 Å². The van der Waals surface area contributed by atoms with Crippen LogP contribution in [-0.2, 0) is 5.41 Å². The Morgan fingerprint density at radius 2 is 0.741 bits per heavy atom. The summed E-state index contributed by atoms with van der Waals surface area (Å²) in [6, 6.07) is 65.7. The van der Waals surface area contributed by atoms with Crippen molar-refractivity contribution in [2.75, 3.05) is 0 Å². The summed E-state index contributed by atoms with van der Waals surface area (Å²) in [5.74, 6) is 0.721. The molecule has 2 aliphatic rings. The second kappa shape index (κ2) is 13.5. The highest BCUT2D eigenvalue weighted by Gasteiger charge is 2.43. The minimum Gasteiger partial charge on any atom is -0.228 e. The second-order valence-corrected chi connectivity index (χ2v) is 14.9. The van der Waals surface area contributed by atoms with Crippen molar-refractivity contribution in [2.24, 2.45) is 0 Å². The van der Waals surface area contributed by atoms with Crippen LogP contribution >= 0.6 is 0 Å². The minimum absolute atomic E-state index is 0.205. The molecule has 2 nitrogen and oxygen atoms in total. The van der Waals surface area contributed by atoms with Gasteiger partial charge in [-0.2, -0.15) is 0 Å². The molecule has 0 N–H and O–H groups in total. The third-order valence-electron chi connectivity index (χ3n) is 11.8. The fourth-order valence-electron chi connectivity index (χ4n) is 8.95. The van der Waals surface area contributed by atoms with Crippen molar-refractivity contribution in [3.8, 4) is 78.4 Å². The smallest absolute Gasteiger partial charge is 0.160 e. The Labute approximate surface area is 317 Å². The van der Waals surface area contributed by atoms with E-state index in [-0.39, 0.29) is 5.41 Å². The average Bonchev–Trinajstić information content (AvgIpc) is 3.52. The summed E-state index contributed by atoms with van der Waals surface area (Å²) in [5, 5.41) is 0. The van der Waals surface area contributed by atoms with Crippen molar-refractivity contribution in [3.63, 3.8) is 0 Å². The van der Waals surface area contributed by atoms with E-state index in [2.05, 4.69) is 146 Å². The topological polar surface area (TPSA) is 25.8 Å². The van der Waals surface area contributed by atoms with Crippen molar-refractivity contribution < 1.29 is 0 Å². The second-order valence-electron chi connectivity index (χ2n) is 14.9. The van der Waals surface area contributed by atoms with Gasteiger partial charge in [-0.15, -0.1) is 0 Å². The monoisotopic (exact) mass is 692 g/mol. The van der Waals surface area contributed by atoms with E-state index in [1.54, 1.807) is 11.1 Å². The number of benzene rings is 7. The Balaban J connectivity index is 0.891. The number of nitrogens with zero attached hydrogens (tertiary/aromatic N) is 2. The molecule has 0 amide bonds. The molecule has 258 valence electrons. The van der Waals surface area contributed by atoms with E-state index >= 15 is 0 Å². The summed E-state index contributed by atoms with van der Waals surface area (Å²) in [7, 11) is 0. The van der Waals surface area contributed by atoms with Crippen LogP contribution in [0.1, 0.15) is 43.2 Å². The SMILES string of the molecule is c1ccc(-c2cc(-c3ccccc3)nc(-c3ccc(-c4ccc(-c5ccc(-c6ccc7c(c6)-c6ccccc6C76CCCCC6)cc5)cc4)cc3)n2)cc1. The molecule has 54 heavy (non-hydrogen) atoms. The van der Waals surface area contributed by atoms with Crippen LogP contribution in [0.25, 0.3) is 78.4 Å². The summed E-state index contributed by atoms with van der Waals surface area (Å²) in [4.78, 5) is 10.0. The van der Waals surface area contributed by atoms with E-state index in [1.165, 1.54) is 71.0 Å². The standard InChI is InChI=1S/C52H40N2/c1-4-12-41(13-5-1)49-35-50(42-14-6-2-7-15-42)54-51(53-49)43-28-26-39(27-29-43)37-20-18-36(19-21-37)38-22-24-40(25-23-38)44-30-31-48-46(34-44)45-16-8-9-17-47(45)52(48)32-10-3-11-33-52/h1-2,4-9,12-31,34-35H,3,10-11,32-33H2. The fourth-order valence-corrected chi connectivity index (χ4v) is 8.95. The first-order valence-corrected chi connectivity index (χ1v) is 19.3. The van der Waals surface area contributed by atoms with Crippen molar-refractivity contribution in [1.29, 1.82) is 0 Å². The predicted octanol–water partition coefficient (Wildman–Crippen LogP) is 13.7. The first-order valence-electron chi connectivity index (χ1n) is 19.3. The van der Waals surface area contributed by atoms with Crippen LogP contribution in [0.2, 0.25) is 0 Å². The van der Waals surface area contributed by atoms with Crippen LogP contribution in [0.4, 0.5) is 0 Å². The lowest BCUT2D eigenvalue weighted by atomic mass is 9.68. The molecule has 1 saturated carbocycles. The lowest BCUT2D eigenvalue weighted by molar-refractivity contribution is 0.353. The normalized spacial score (nSPS) is 14.1. The van der Waals surface area contributed by atoms with Gasteiger partial charge in [0.25, 0.3) is 0 Å². The molecule has 1 heterocycles. The number of fused-ring (bicyclic) bond motifs is 5. The van der Waals surface area contributed by atoms with Crippen molar-refractivity contribution >= 4 is 0 Å². The molecule has 1 fully saturated rings. The van der Waals surface area contributed by atoms with Crippen molar-refractivity contribution in [1.82, 2.24) is 9.97 Å². The first kappa shape index (κ1) is 32.3. The highest BCUT2D eigenvalue weighted by molar-refractivity contribution is 5.85. The zero-order chi connectivity index (χ0) is 35.9. The van der Waals surface area contributed by atoms with E-state index in [0.29, 0.717) is 0 Å². The van der Waals surface area contributed by atoms with Gasteiger partial charge >= 0.3 is 0 Å². The van der Waals surface area contributed by atoms with Gasteiger partial charge in [0.15, 0.2) is 5.82 Å². The largest absolute Gasteiger partial charge is 0.228 e. The summed E-state index contributed by atoms with van der Waals surface area (Å²) in [6.07, 6.45) is 6.53. The molecule has 1 aromatic heterocycles. The van der Waals surface area contributed by atoms with Gasteiger partial charge in [-0.1, -0.05) is 189 Å². The maximum atomic E-state index is 5.00. The van der Waals surface area contributed by atoms with Crippen LogP contribution < -0.4 is 0 Å². The van der Waals surface area contributed by atoms with E-state index in [9.17, 15) is 0 Å². The molecule has 0 bridgehead atoms. The summed E-state index contributed by atoms with van der Waals surface area (Å²) >= 11 is 0. The molecular formula is C52H40N2. The molecule has 2 aliphatic carbocycles. The van der Waals surface area contributed by atoms with Gasteiger partial charge in [-0.25, -0.2) is 9.97 Å². The Bertz CT molecular complexity index is 2520. The van der Waals surface area contributed by atoms with E-state index in [4.69, 9.17) is 9.97 Å². The van der Waals surface area contributed by atoms with E-state index < -0.39 is 0 Å². The van der Waals surface area contributed by atoms with Crippen LogP contribution in [-0.4, -0.2) is 9.97 Å². The van der Waals surface area contributed by atoms with Gasteiger partial charge in [0.1, 0.15) is 0 Å². The maximum absolute atomic E-state index is 5.00. The average molecular weight is 693 g/mol. The summed E-state index contributed by atoms with van der Waals surface area (Å²) in [5.41, 5.74) is 18.5. The number of aromatic nitrogens is 2.